The third-order valence-corrected chi connectivity index (χ3v) is 3.31. The highest BCUT2D eigenvalue weighted by molar-refractivity contribution is 6.34. The first-order valence-corrected chi connectivity index (χ1v) is 7.02. The van der Waals surface area contributed by atoms with E-state index in [1.165, 1.54) is 0 Å². The van der Waals surface area contributed by atoms with Crippen LogP contribution in [-0.4, -0.2) is 9.97 Å². The van der Waals surface area contributed by atoms with Crippen LogP contribution in [-0.2, 0) is 6.42 Å². The smallest absolute Gasteiger partial charge is 0.227 e. The van der Waals surface area contributed by atoms with Gasteiger partial charge >= 0.3 is 0 Å². The molecule has 0 spiro atoms. The van der Waals surface area contributed by atoms with Gasteiger partial charge in [-0.15, -0.1) is 0 Å². The average molecular weight is 312 g/mol. The van der Waals surface area contributed by atoms with Gasteiger partial charge in [0.05, 0.1) is 10.6 Å². The number of rotatable bonds is 4. The summed E-state index contributed by atoms with van der Waals surface area (Å²) in [6.07, 6.45) is 1.67. The molecule has 0 radical (unpaired) electrons. The number of halogens is 2. The van der Waals surface area contributed by atoms with E-state index >= 15 is 0 Å². The Kier molecular flexibility index (Phi) is 4.68. The Labute approximate surface area is 127 Å². The fraction of sp³-hybridized carbons (Fsp3) is 0.286. The van der Waals surface area contributed by atoms with E-state index in [4.69, 9.17) is 33.7 Å². The number of nitrogens with zero attached hydrogens (tertiary/aromatic N) is 2. The van der Waals surface area contributed by atoms with Crippen molar-refractivity contribution in [1.82, 2.24) is 9.97 Å². The maximum atomic E-state index is 6.08. The minimum absolute atomic E-state index is 0.408. The van der Waals surface area contributed by atoms with Crippen LogP contribution in [0.2, 0.25) is 10.0 Å². The van der Waals surface area contributed by atoms with Gasteiger partial charge in [0.15, 0.2) is 0 Å². The zero-order valence-electron chi connectivity index (χ0n) is 11.3. The number of aryl methyl sites for hydroxylation is 1. The maximum absolute atomic E-state index is 6.08. The van der Waals surface area contributed by atoms with Crippen LogP contribution in [0.5, 0.6) is 11.6 Å². The largest absolute Gasteiger partial charge is 0.437 e. The van der Waals surface area contributed by atoms with Gasteiger partial charge < -0.3 is 10.5 Å². The molecule has 1 heterocycles. The highest BCUT2D eigenvalue weighted by Crippen LogP contribution is 2.33. The van der Waals surface area contributed by atoms with Crippen LogP contribution in [0.1, 0.15) is 24.7 Å². The summed E-state index contributed by atoms with van der Waals surface area (Å²) in [6, 6.07) is 5.01. The first kappa shape index (κ1) is 14.9. The van der Waals surface area contributed by atoms with Gasteiger partial charge in [-0.05, 0) is 25.5 Å². The van der Waals surface area contributed by atoms with Crippen LogP contribution >= 0.6 is 23.2 Å². The lowest BCUT2D eigenvalue weighted by molar-refractivity contribution is 0.455. The standard InChI is InChI=1S/C14H15Cl2N3O/c1-3-4-12-18-13(17)8(2)14(19-12)20-11-7-9(15)5-6-10(11)16/h5-7H,3-4H2,1-2H3,(H2,17,18,19). The van der Waals surface area contributed by atoms with Gasteiger partial charge in [-0.3, -0.25) is 0 Å². The van der Waals surface area contributed by atoms with Gasteiger partial charge in [-0.2, -0.15) is 4.98 Å². The molecule has 6 heteroatoms. The molecule has 0 amide bonds. The van der Waals surface area contributed by atoms with Crippen molar-refractivity contribution >= 4 is 29.0 Å². The van der Waals surface area contributed by atoms with Crippen molar-refractivity contribution in [2.45, 2.75) is 26.7 Å². The molecule has 0 unspecified atom stereocenters. The fourth-order valence-electron chi connectivity index (χ4n) is 1.65. The maximum Gasteiger partial charge on any atom is 0.227 e. The van der Waals surface area contributed by atoms with Crippen molar-refractivity contribution in [2.75, 3.05) is 5.73 Å². The summed E-state index contributed by atoms with van der Waals surface area (Å²) in [7, 11) is 0. The lowest BCUT2D eigenvalue weighted by atomic mass is 10.3. The van der Waals surface area contributed by atoms with Crippen molar-refractivity contribution in [3.63, 3.8) is 0 Å². The van der Waals surface area contributed by atoms with Crippen molar-refractivity contribution in [2.24, 2.45) is 0 Å². The molecule has 2 aromatic rings. The van der Waals surface area contributed by atoms with Crippen LogP contribution in [0.4, 0.5) is 5.82 Å². The van der Waals surface area contributed by atoms with Gasteiger partial charge in [-0.1, -0.05) is 30.1 Å². The molecule has 2 N–H and O–H groups in total. The lowest BCUT2D eigenvalue weighted by Gasteiger charge is -2.12. The van der Waals surface area contributed by atoms with Crippen LogP contribution < -0.4 is 10.5 Å². The second-order valence-corrected chi connectivity index (χ2v) is 5.23. The van der Waals surface area contributed by atoms with Crippen molar-refractivity contribution in [3.05, 3.63) is 39.6 Å². The quantitative estimate of drug-likeness (QED) is 0.908. The van der Waals surface area contributed by atoms with Crippen LogP contribution in [0.15, 0.2) is 18.2 Å². The van der Waals surface area contributed by atoms with E-state index in [9.17, 15) is 0 Å². The van der Waals surface area contributed by atoms with E-state index in [0.29, 0.717) is 38.9 Å². The number of nitrogen functional groups attached to an aromatic ring is 1. The molecular weight excluding hydrogens is 297 g/mol. The molecule has 0 aliphatic carbocycles. The lowest BCUT2D eigenvalue weighted by Crippen LogP contribution is -2.05. The molecule has 0 fully saturated rings. The third-order valence-electron chi connectivity index (χ3n) is 2.76. The summed E-state index contributed by atoms with van der Waals surface area (Å²) in [6.45, 7) is 3.85. The molecule has 1 aromatic carbocycles. The molecule has 106 valence electrons. The number of anilines is 1. The molecule has 0 aliphatic heterocycles. The Morgan fingerprint density at radius 2 is 2.00 bits per heavy atom. The Morgan fingerprint density at radius 1 is 1.25 bits per heavy atom. The highest BCUT2D eigenvalue weighted by Gasteiger charge is 2.12. The summed E-state index contributed by atoms with van der Waals surface area (Å²) in [5.74, 6) is 1.92. The number of aromatic nitrogens is 2. The normalized spacial score (nSPS) is 10.6. The Balaban J connectivity index is 2.39. The SMILES string of the molecule is CCCc1nc(N)c(C)c(Oc2cc(Cl)ccc2Cl)n1. The monoisotopic (exact) mass is 311 g/mol. The van der Waals surface area contributed by atoms with E-state index in [1.807, 2.05) is 6.92 Å². The summed E-state index contributed by atoms with van der Waals surface area (Å²) >= 11 is 12.0. The number of benzene rings is 1. The van der Waals surface area contributed by atoms with Gasteiger partial charge in [0.1, 0.15) is 17.4 Å². The topological polar surface area (TPSA) is 61.0 Å². The van der Waals surface area contributed by atoms with Crippen molar-refractivity contribution in [3.8, 4) is 11.6 Å². The van der Waals surface area contributed by atoms with E-state index in [0.717, 1.165) is 12.8 Å². The van der Waals surface area contributed by atoms with Gasteiger partial charge in [-0.25, -0.2) is 4.98 Å². The molecule has 2 rings (SSSR count). The molecule has 0 atom stereocenters. The molecule has 0 aliphatic rings. The molecule has 0 bridgehead atoms. The zero-order valence-corrected chi connectivity index (χ0v) is 12.8. The summed E-state index contributed by atoms with van der Waals surface area (Å²) < 4.78 is 5.74. The second kappa shape index (κ2) is 6.29. The Morgan fingerprint density at radius 3 is 2.70 bits per heavy atom. The minimum Gasteiger partial charge on any atom is -0.437 e. The van der Waals surface area contributed by atoms with E-state index in [2.05, 4.69) is 9.97 Å². The van der Waals surface area contributed by atoms with E-state index in [1.54, 1.807) is 25.1 Å². The Bertz CT molecular complexity index is 632. The van der Waals surface area contributed by atoms with Crippen LogP contribution in [0, 0.1) is 6.92 Å². The second-order valence-electron chi connectivity index (χ2n) is 4.38. The number of nitrogens with two attached hydrogens (primary N) is 1. The first-order valence-electron chi connectivity index (χ1n) is 6.27. The van der Waals surface area contributed by atoms with Gasteiger partial charge in [0, 0.05) is 17.5 Å². The van der Waals surface area contributed by atoms with Gasteiger partial charge in [0.2, 0.25) is 5.88 Å². The van der Waals surface area contributed by atoms with Crippen LogP contribution in [0.25, 0.3) is 0 Å². The summed E-state index contributed by atoms with van der Waals surface area (Å²) in [4.78, 5) is 8.61. The molecule has 1 aromatic heterocycles. The molecule has 0 saturated carbocycles. The first-order chi connectivity index (χ1) is 9.51. The minimum atomic E-state index is 0.408. The number of hydrogen-bond acceptors (Lipinski definition) is 4. The van der Waals surface area contributed by atoms with E-state index < -0.39 is 0 Å². The summed E-state index contributed by atoms with van der Waals surface area (Å²) in [5.41, 5.74) is 6.56. The highest BCUT2D eigenvalue weighted by atomic mass is 35.5. The molecular formula is C14H15Cl2N3O. The van der Waals surface area contributed by atoms with Crippen molar-refractivity contribution in [1.29, 1.82) is 0 Å². The van der Waals surface area contributed by atoms with E-state index in [-0.39, 0.29) is 0 Å². The molecule has 4 nitrogen and oxygen atoms in total. The van der Waals surface area contributed by atoms with Gasteiger partial charge in [0.25, 0.3) is 0 Å². The molecule has 20 heavy (non-hydrogen) atoms. The predicted octanol–water partition coefficient (Wildman–Crippen LogP) is 4.42. The summed E-state index contributed by atoms with van der Waals surface area (Å²) in [5, 5.41) is 1.00. The number of hydrogen-bond donors (Lipinski definition) is 1. The van der Waals surface area contributed by atoms with Crippen molar-refractivity contribution < 1.29 is 4.74 Å². The number of ether oxygens (including phenoxy) is 1. The van der Waals surface area contributed by atoms with Crippen LogP contribution in [0.3, 0.4) is 0 Å². The average Bonchev–Trinajstić information content (AvgIpc) is 2.40. The Hall–Kier alpha value is -1.52. The zero-order chi connectivity index (χ0) is 14.7. The third kappa shape index (κ3) is 3.32. The predicted molar refractivity (Wildman–Crippen MR) is 81.7 cm³/mol. The fourth-order valence-corrected chi connectivity index (χ4v) is 1.97. The molecule has 0 saturated heterocycles.